The number of rotatable bonds is 6. The average molecular weight is 313 g/mol. The molecular weight excluding hydrogens is 288 g/mol. The Labute approximate surface area is 132 Å². The van der Waals surface area contributed by atoms with Gasteiger partial charge in [0.05, 0.1) is 10.7 Å². The van der Waals surface area contributed by atoms with E-state index in [4.69, 9.17) is 11.6 Å². The molecule has 1 saturated heterocycles. The van der Waals surface area contributed by atoms with Gasteiger partial charge in [0.15, 0.2) is 0 Å². The lowest BCUT2D eigenvalue weighted by atomic mass is 10.1. The molecule has 1 aliphatic heterocycles. The molecule has 1 atom stereocenters. The molecule has 1 aliphatic rings. The van der Waals surface area contributed by atoms with Crippen LogP contribution < -0.4 is 10.2 Å². The van der Waals surface area contributed by atoms with Gasteiger partial charge >= 0.3 is 0 Å². The van der Waals surface area contributed by atoms with Crippen molar-refractivity contribution in [2.75, 3.05) is 30.0 Å². The summed E-state index contributed by atoms with van der Waals surface area (Å²) in [6.45, 7) is 6.38. The van der Waals surface area contributed by atoms with E-state index >= 15 is 0 Å². The van der Waals surface area contributed by atoms with Crippen molar-refractivity contribution in [3.63, 3.8) is 0 Å². The third-order valence-electron chi connectivity index (χ3n) is 3.74. The van der Waals surface area contributed by atoms with E-state index in [0.717, 1.165) is 18.1 Å². The summed E-state index contributed by atoms with van der Waals surface area (Å²) >= 11 is 8.51. The van der Waals surface area contributed by atoms with E-state index < -0.39 is 0 Å². The average Bonchev–Trinajstić information content (AvgIpc) is 2.91. The summed E-state index contributed by atoms with van der Waals surface area (Å²) in [5.41, 5.74) is 2.51. The van der Waals surface area contributed by atoms with Crippen LogP contribution in [0.15, 0.2) is 18.2 Å². The lowest BCUT2D eigenvalue weighted by molar-refractivity contribution is 0.551. The highest BCUT2D eigenvalue weighted by Gasteiger charge is 2.23. The standard InChI is InChI=1S/C16H25ClN2S/c1-12(2)9-18-10-13-5-4-6-15(17)16(13)19(3)14-7-8-20-11-14/h4-6,12,14,18H,7-11H2,1-3H3. The predicted molar refractivity (Wildman–Crippen MR) is 92.1 cm³/mol. The minimum Gasteiger partial charge on any atom is -0.369 e. The third-order valence-corrected chi connectivity index (χ3v) is 5.19. The van der Waals surface area contributed by atoms with Gasteiger partial charge in [0.2, 0.25) is 0 Å². The Balaban J connectivity index is 2.12. The maximum Gasteiger partial charge on any atom is 0.0642 e. The Bertz CT molecular complexity index is 430. The monoisotopic (exact) mass is 312 g/mol. The summed E-state index contributed by atoms with van der Waals surface area (Å²) in [5, 5.41) is 4.39. The van der Waals surface area contributed by atoms with E-state index in [9.17, 15) is 0 Å². The van der Waals surface area contributed by atoms with Crippen molar-refractivity contribution in [3.8, 4) is 0 Å². The normalized spacial score (nSPS) is 18.8. The van der Waals surface area contributed by atoms with Crippen LogP contribution in [0.25, 0.3) is 0 Å². The van der Waals surface area contributed by atoms with E-state index in [1.54, 1.807) is 0 Å². The SMILES string of the molecule is CC(C)CNCc1cccc(Cl)c1N(C)C1CCSC1. The first kappa shape index (κ1) is 16.0. The van der Waals surface area contributed by atoms with Gasteiger partial charge in [-0.25, -0.2) is 0 Å². The Hall–Kier alpha value is -0.380. The second kappa shape index (κ2) is 7.58. The Morgan fingerprint density at radius 2 is 2.25 bits per heavy atom. The molecule has 112 valence electrons. The van der Waals surface area contributed by atoms with E-state index in [2.05, 4.69) is 43.2 Å². The first-order valence-electron chi connectivity index (χ1n) is 7.38. The minimum absolute atomic E-state index is 0.615. The van der Waals surface area contributed by atoms with Crippen LogP contribution in [0.3, 0.4) is 0 Å². The highest BCUT2D eigenvalue weighted by Crippen LogP contribution is 2.33. The van der Waals surface area contributed by atoms with Crippen LogP contribution in [0.4, 0.5) is 5.69 Å². The van der Waals surface area contributed by atoms with Gasteiger partial charge in [0, 0.05) is 25.4 Å². The zero-order chi connectivity index (χ0) is 14.5. The van der Waals surface area contributed by atoms with E-state index in [1.807, 2.05) is 17.8 Å². The number of nitrogens with zero attached hydrogens (tertiary/aromatic N) is 1. The predicted octanol–water partition coefficient (Wildman–Crippen LogP) is 4.03. The number of para-hydroxylation sites is 1. The molecule has 0 aromatic heterocycles. The number of hydrogen-bond donors (Lipinski definition) is 1. The Kier molecular flexibility index (Phi) is 6.06. The second-order valence-electron chi connectivity index (χ2n) is 5.90. The van der Waals surface area contributed by atoms with Crippen LogP contribution in [-0.4, -0.2) is 31.1 Å². The molecule has 2 nitrogen and oxygen atoms in total. The lowest BCUT2D eigenvalue weighted by Gasteiger charge is -2.29. The van der Waals surface area contributed by atoms with Crippen molar-refractivity contribution in [3.05, 3.63) is 28.8 Å². The summed E-state index contributed by atoms with van der Waals surface area (Å²) in [5.74, 6) is 3.14. The molecule has 0 saturated carbocycles. The molecular formula is C16H25ClN2S. The largest absolute Gasteiger partial charge is 0.369 e. The van der Waals surface area contributed by atoms with Gasteiger partial charge in [0.1, 0.15) is 0 Å². The van der Waals surface area contributed by atoms with Gasteiger partial charge in [-0.15, -0.1) is 0 Å². The number of nitrogens with one attached hydrogen (secondary N) is 1. The maximum atomic E-state index is 6.47. The number of thioether (sulfide) groups is 1. The van der Waals surface area contributed by atoms with Gasteiger partial charge in [-0.1, -0.05) is 37.6 Å². The van der Waals surface area contributed by atoms with Crippen LogP contribution >= 0.6 is 23.4 Å². The molecule has 0 aliphatic carbocycles. The van der Waals surface area contributed by atoms with Crippen LogP contribution in [-0.2, 0) is 6.54 Å². The number of hydrogen-bond acceptors (Lipinski definition) is 3. The van der Waals surface area contributed by atoms with Crippen molar-refractivity contribution in [2.24, 2.45) is 5.92 Å². The van der Waals surface area contributed by atoms with Crippen LogP contribution in [0.1, 0.15) is 25.8 Å². The first-order chi connectivity index (χ1) is 9.59. The molecule has 1 aromatic carbocycles. The molecule has 1 unspecified atom stereocenters. The summed E-state index contributed by atoms with van der Waals surface area (Å²) < 4.78 is 0. The topological polar surface area (TPSA) is 15.3 Å². The fourth-order valence-corrected chi connectivity index (χ4v) is 4.20. The number of benzene rings is 1. The maximum absolute atomic E-state index is 6.47. The highest BCUT2D eigenvalue weighted by molar-refractivity contribution is 7.99. The zero-order valence-corrected chi connectivity index (χ0v) is 14.2. The van der Waals surface area contributed by atoms with Gasteiger partial charge in [0.25, 0.3) is 0 Å². The lowest BCUT2D eigenvalue weighted by Crippen LogP contribution is -2.33. The second-order valence-corrected chi connectivity index (χ2v) is 7.46. The van der Waals surface area contributed by atoms with Crippen LogP contribution in [0.5, 0.6) is 0 Å². The molecule has 1 heterocycles. The number of halogens is 1. The van der Waals surface area contributed by atoms with Gasteiger partial charge in [-0.05, 0) is 36.3 Å². The smallest absolute Gasteiger partial charge is 0.0642 e. The summed E-state index contributed by atoms with van der Waals surface area (Å²) in [6, 6.07) is 6.85. The van der Waals surface area contributed by atoms with Crippen molar-refractivity contribution >= 4 is 29.1 Å². The molecule has 4 heteroatoms. The fourth-order valence-electron chi connectivity index (χ4n) is 2.60. The van der Waals surface area contributed by atoms with Crippen molar-refractivity contribution < 1.29 is 0 Å². The highest BCUT2D eigenvalue weighted by atomic mass is 35.5. The molecule has 0 bridgehead atoms. The summed E-state index contributed by atoms with van der Waals surface area (Å²) in [4.78, 5) is 2.38. The van der Waals surface area contributed by atoms with Crippen LogP contribution in [0, 0.1) is 5.92 Å². The first-order valence-corrected chi connectivity index (χ1v) is 8.91. The van der Waals surface area contributed by atoms with E-state index in [0.29, 0.717) is 12.0 Å². The van der Waals surface area contributed by atoms with Crippen molar-refractivity contribution in [2.45, 2.75) is 32.9 Å². The fraction of sp³-hybridized carbons (Fsp3) is 0.625. The molecule has 1 aromatic rings. The molecule has 0 amide bonds. The van der Waals surface area contributed by atoms with Gasteiger partial charge in [-0.2, -0.15) is 11.8 Å². The molecule has 2 rings (SSSR count). The summed E-state index contributed by atoms with van der Waals surface area (Å²) in [6.07, 6.45) is 1.26. The Morgan fingerprint density at radius 3 is 2.90 bits per heavy atom. The minimum atomic E-state index is 0.615. The third kappa shape index (κ3) is 4.06. The van der Waals surface area contributed by atoms with Crippen LogP contribution in [0.2, 0.25) is 5.02 Å². The van der Waals surface area contributed by atoms with Gasteiger partial charge < -0.3 is 10.2 Å². The molecule has 20 heavy (non-hydrogen) atoms. The van der Waals surface area contributed by atoms with Crippen molar-refractivity contribution in [1.29, 1.82) is 0 Å². The molecule has 0 spiro atoms. The van der Waals surface area contributed by atoms with Crippen molar-refractivity contribution in [1.82, 2.24) is 5.32 Å². The molecule has 0 radical (unpaired) electrons. The molecule has 1 fully saturated rings. The van der Waals surface area contributed by atoms with Gasteiger partial charge in [-0.3, -0.25) is 0 Å². The Morgan fingerprint density at radius 1 is 1.45 bits per heavy atom. The van der Waals surface area contributed by atoms with E-state index in [1.165, 1.54) is 29.2 Å². The molecule has 1 N–H and O–H groups in total. The quantitative estimate of drug-likeness (QED) is 0.854. The zero-order valence-electron chi connectivity index (χ0n) is 12.7. The number of anilines is 1. The van der Waals surface area contributed by atoms with E-state index in [-0.39, 0.29) is 0 Å². The summed E-state index contributed by atoms with van der Waals surface area (Å²) in [7, 11) is 2.18.